The molecule has 104 valence electrons. The molecular formula is C11H10ClN5O2S. The minimum atomic E-state index is -3.51. The Hall–Kier alpha value is -1.98. The van der Waals surface area contributed by atoms with Crippen molar-refractivity contribution < 1.29 is 8.42 Å². The van der Waals surface area contributed by atoms with Crippen LogP contribution in [0.25, 0.3) is 11.3 Å². The zero-order chi connectivity index (χ0) is 14.8. The van der Waals surface area contributed by atoms with Crippen LogP contribution in [0.3, 0.4) is 0 Å². The van der Waals surface area contributed by atoms with Crippen molar-refractivity contribution in [3.63, 3.8) is 0 Å². The molecule has 0 radical (unpaired) electrons. The summed E-state index contributed by atoms with van der Waals surface area (Å²) in [6.07, 6.45) is 5.76. The summed E-state index contributed by atoms with van der Waals surface area (Å²) in [5, 5.41) is 12.5. The summed E-state index contributed by atoms with van der Waals surface area (Å²) in [7, 11) is -3.51. The van der Waals surface area contributed by atoms with Gasteiger partial charge in [-0.2, -0.15) is 10.4 Å². The van der Waals surface area contributed by atoms with E-state index in [1.165, 1.54) is 12.4 Å². The Labute approximate surface area is 120 Å². The lowest BCUT2D eigenvalue weighted by Crippen LogP contribution is -2.04. The summed E-state index contributed by atoms with van der Waals surface area (Å²) in [5.74, 6) is 0. The highest BCUT2D eigenvalue weighted by Crippen LogP contribution is 2.25. The Morgan fingerprint density at radius 3 is 2.85 bits per heavy atom. The van der Waals surface area contributed by atoms with Crippen LogP contribution in [0.4, 0.5) is 0 Å². The highest BCUT2D eigenvalue weighted by atomic mass is 35.5. The number of halogens is 1. The first-order chi connectivity index (χ1) is 9.41. The van der Waals surface area contributed by atoms with Gasteiger partial charge >= 0.3 is 0 Å². The van der Waals surface area contributed by atoms with Crippen molar-refractivity contribution in [2.45, 2.75) is 18.1 Å². The minimum absolute atomic E-state index is 0.234. The molecule has 0 bridgehead atoms. The van der Waals surface area contributed by atoms with Gasteiger partial charge in [-0.15, -0.1) is 0 Å². The maximum absolute atomic E-state index is 11.4. The van der Waals surface area contributed by atoms with Crippen LogP contribution < -0.4 is 0 Å². The Balaban J connectivity index is 2.42. The molecule has 0 unspecified atom stereocenters. The largest absolute Gasteiger partial charge is 0.271 e. The van der Waals surface area contributed by atoms with Crippen LogP contribution in [0.2, 0.25) is 5.02 Å². The van der Waals surface area contributed by atoms with Crippen LogP contribution >= 0.6 is 11.6 Å². The minimum Gasteiger partial charge on any atom is -0.271 e. The molecule has 0 aliphatic rings. The molecule has 0 atom stereocenters. The third-order valence-corrected chi connectivity index (χ3v) is 3.55. The van der Waals surface area contributed by atoms with E-state index in [0.29, 0.717) is 24.2 Å². The predicted molar refractivity (Wildman–Crippen MR) is 71.6 cm³/mol. The average Bonchev–Trinajstić information content (AvgIpc) is 2.84. The van der Waals surface area contributed by atoms with Crippen molar-refractivity contribution in [1.29, 1.82) is 5.26 Å². The van der Waals surface area contributed by atoms with Gasteiger partial charge < -0.3 is 0 Å². The molecule has 0 amide bonds. The summed E-state index contributed by atoms with van der Waals surface area (Å²) in [5.41, 5.74) is 0.866. The molecule has 0 saturated carbocycles. The summed E-state index contributed by atoms with van der Waals surface area (Å²) < 4.78 is 24.5. The number of nitrogens with zero attached hydrogens (tertiary/aromatic N) is 5. The van der Waals surface area contributed by atoms with Crippen molar-refractivity contribution in [3.05, 3.63) is 23.6 Å². The predicted octanol–water partition coefficient (Wildman–Crippen LogP) is 1.31. The monoisotopic (exact) mass is 311 g/mol. The van der Waals surface area contributed by atoms with Gasteiger partial charge in [-0.3, -0.25) is 4.68 Å². The first kappa shape index (κ1) is 14.4. The fourth-order valence-corrected chi connectivity index (χ4v) is 2.21. The van der Waals surface area contributed by atoms with Crippen LogP contribution in [0.15, 0.2) is 23.7 Å². The first-order valence-corrected chi connectivity index (χ1v) is 7.81. The zero-order valence-corrected chi connectivity index (χ0v) is 12.1. The summed E-state index contributed by atoms with van der Waals surface area (Å²) >= 11 is 5.99. The second kappa shape index (κ2) is 5.56. The fourth-order valence-electron chi connectivity index (χ4n) is 1.50. The highest BCUT2D eigenvalue weighted by Gasteiger charge is 2.16. The summed E-state index contributed by atoms with van der Waals surface area (Å²) in [4.78, 5) is 7.65. The van der Waals surface area contributed by atoms with Gasteiger partial charge in [-0.25, -0.2) is 18.4 Å². The van der Waals surface area contributed by atoms with Gasteiger partial charge in [0.2, 0.25) is 15.0 Å². The first-order valence-electron chi connectivity index (χ1n) is 5.54. The van der Waals surface area contributed by atoms with E-state index in [2.05, 4.69) is 15.1 Å². The molecule has 0 aromatic carbocycles. The molecule has 0 fully saturated rings. The number of sulfone groups is 1. The van der Waals surface area contributed by atoms with Crippen molar-refractivity contribution in [3.8, 4) is 17.3 Å². The van der Waals surface area contributed by atoms with Crippen molar-refractivity contribution >= 4 is 21.4 Å². The van der Waals surface area contributed by atoms with Crippen LogP contribution in [0, 0.1) is 11.3 Å². The third-order valence-electron chi connectivity index (χ3n) is 2.41. The lowest BCUT2D eigenvalue weighted by atomic mass is 10.2. The average molecular weight is 312 g/mol. The number of hydrogen-bond acceptors (Lipinski definition) is 6. The van der Waals surface area contributed by atoms with E-state index in [0.717, 1.165) is 6.26 Å². The summed E-state index contributed by atoms with van der Waals surface area (Å²) in [6, 6.07) is 2.01. The number of rotatable bonds is 4. The Kier molecular flexibility index (Phi) is 4.01. The van der Waals surface area contributed by atoms with Gasteiger partial charge in [0.15, 0.2) is 0 Å². The number of aryl methyl sites for hydroxylation is 1. The zero-order valence-electron chi connectivity index (χ0n) is 10.5. The molecule has 0 saturated heterocycles. The highest BCUT2D eigenvalue weighted by molar-refractivity contribution is 7.90. The van der Waals surface area contributed by atoms with Crippen LogP contribution in [0.5, 0.6) is 0 Å². The van der Waals surface area contributed by atoms with Crippen molar-refractivity contribution in [1.82, 2.24) is 19.7 Å². The Morgan fingerprint density at radius 1 is 1.45 bits per heavy atom. The SMILES string of the molecule is CS(=O)(=O)c1ncc(Cl)c(-c2cnn(CCC#N)c2)n1. The van der Waals surface area contributed by atoms with Gasteiger partial charge in [0, 0.05) is 18.0 Å². The van der Waals surface area contributed by atoms with E-state index in [4.69, 9.17) is 16.9 Å². The fraction of sp³-hybridized carbons (Fsp3) is 0.273. The second-order valence-electron chi connectivity index (χ2n) is 4.02. The van der Waals surface area contributed by atoms with E-state index < -0.39 is 9.84 Å². The molecule has 20 heavy (non-hydrogen) atoms. The third kappa shape index (κ3) is 3.12. The second-order valence-corrected chi connectivity index (χ2v) is 6.34. The molecule has 2 aromatic heterocycles. The van der Waals surface area contributed by atoms with Crippen LogP contribution in [-0.2, 0) is 16.4 Å². The topological polar surface area (TPSA) is 102 Å². The van der Waals surface area contributed by atoms with E-state index in [9.17, 15) is 8.42 Å². The maximum atomic E-state index is 11.4. The number of aromatic nitrogens is 4. The molecule has 0 spiro atoms. The maximum Gasteiger partial charge on any atom is 0.247 e. The Bertz CT molecular complexity index is 778. The normalized spacial score (nSPS) is 11.2. The molecule has 0 aliphatic carbocycles. The van der Waals surface area contributed by atoms with E-state index in [1.54, 1.807) is 10.9 Å². The molecule has 2 aromatic rings. The lowest BCUT2D eigenvalue weighted by molar-refractivity contribution is 0.593. The number of hydrogen-bond donors (Lipinski definition) is 0. The smallest absolute Gasteiger partial charge is 0.247 e. The van der Waals surface area contributed by atoms with E-state index in [-0.39, 0.29) is 10.2 Å². The van der Waals surface area contributed by atoms with Gasteiger partial charge in [-0.1, -0.05) is 11.6 Å². The van der Waals surface area contributed by atoms with Gasteiger partial charge in [0.05, 0.1) is 42.1 Å². The Morgan fingerprint density at radius 2 is 2.20 bits per heavy atom. The molecule has 2 heterocycles. The van der Waals surface area contributed by atoms with Crippen molar-refractivity contribution in [2.24, 2.45) is 0 Å². The molecule has 0 N–H and O–H groups in total. The molecule has 2 rings (SSSR count). The van der Waals surface area contributed by atoms with E-state index >= 15 is 0 Å². The molecule has 9 heteroatoms. The number of nitriles is 1. The van der Waals surface area contributed by atoms with Gasteiger partial charge in [0.25, 0.3) is 0 Å². The standard InChI is InChI=1S/C11H10ClN5O2S/c1-20(18,19)11-14-6-9(12)10(16-11)8-5-15-17(7-8)4-2-3-13/h5-7H,2,4H2,1H3. The summed E-state index contributed by atoms with van der Waals surface area (Å²) in [6.45, 7) is 0.443. The quantitative estimate of drug-likeness (QED) is 0.789. The van der Waals surface area contributed by atoms with E-state index in [1.807, 2.05) is 6.07 Å². The van der Waals surface area contributed by atoms with Gasteiger partial charge in [-0.05, 0) is 0 Å². The lowest BCUT2D eigenvalue weighted by Gasteiger charge is -2.02. The van der Waals surface area contributed by atoms with Crippen molar-refractivity contribution in [2.75, 3.05) is 6.26 Å². The van der Waals surface area contributed by atoms with Crippen LogP contribution in [-0.4, -0.2) is 34.4 Å². The van der Waals surface area contributed by atoms with Crippen LogP contribution in [0.1, 0.15) is 6.42 Å². The van der Waals surface area contributed by atoms with Gasteiger partial charge in [0.1, 0.15) is 0 Å². The molecule has 0 aliphatic heterocycles. The molecular weight excluding hydrogens is 302 g/mol. The molecule has 7 nitrogen and oxygen atoms in total.